The number of likely N-dealkylation sites (tertiary alicyclic amines) is 1. The molecule has 0 aromatic carbocycles. The lowest BCUT2D eigenvalue weighted by molar-refractivity contribution is 0.0920. The average molecular weight is 185 g/mol. The molecule has 0 aliphatic carbocycles. The number of rotatable bonds is 2. The van der Waals surface area contributed by atoms with Gasteiger partial charge in [0, 0.05) is 25.2 Å². The van der Waals surface area contributed by atoms with Gasteiger partial charge in [-0.2, -0.15) is 0 Å². The number of piperidine rings is 1. The molecule has 13 heavy (non-hydrogen) atoms. The quantitative estimate of drug-likeness (QED) is 0.654. The fraction of sp³-hybridized carbons (Fsp3) is 1.00. The third-order valence-corrected chi connectivity index (χ3v) is 2.94. The number of hydrogen-bond acceptors (Lipinski definition) is 3. The molecule has 1 saturated heterocycles. The highest BCUT2D eigenvalue weighted by Gasteiger charge is 2.33. The Kier molecular flexibility index (Phi) is 3.33. The van der Waals surface area contributed by atoms with Gasteiger partial charge in [-0.15, -0.1) is 0 Å². The third-order valence-electron chi connectivity index (χ3n) is 2.94. The van der Waals surface area contributed by atoms with Gasteiger partial charge in [0.2, 0.25) is 0 Å². The van der Waals surface area contributed by atoms with Crippen molar-refractivity contribution < 1.29 is 0 Å². The van der Waals surface area contributed by atoms with Gasteiger partial charge in [-0.05, 0) is 25.3 Å². The first-order valence-electron chi connectivity index (χ1n) is 5.15. The molecular weight excluding hydrogens is 162 g/mol. The lowest BCUT2D eigenvalue weighted by Gasteiger charge is -2.43. The lowest BCUT2D eigenvalue weighted by Crippen LogP contribution is -2.54. The molecule has 0 amide bonds. The summed E-state index contributed by atoms with van der Waals surface area (Å²) in [5, 5.41) is 0. The fourth-order valence-electron chi connectivity index (χ4n) is 2.05. The third kappa shape index (κ3) is 2.93. The van der Waals surface area contributed by atoms with Crippen LogP contribution in [0, 0.1) is 5.41 Å². The highest BCUT2D eigenvalue weighted by molar-refractivity contribution is 4.90. The Morgan fingerprint density at radius 2 is 2.15 bits per heavy atom. The van der Waals surface area contributed by atoms with Crippen molar-refractivity contribution in [2.75, 3.05) is 19.6 Å². The van der Waals surface area contributed by atoms with Crippen LogP contribution in [0.15, 0.2) is 0 Å². The van der Waals surface area contributed by atoms with E-state index in [-0.39, 0.29) is 11.5 Å². The second kappa shape index (κ2) is 3.95. The maximum absolute atomic E-state index is 6.05. The van der Waals surface area contributed by atoms with Crippen molar-refractivity contribution in [2.24, 2.45) is 16.9 Å². The van der Waals surface area contributed by atoms with Gasteiger partial charge in [-0.3, -0.25) is 0 Å². The van der Waals surface area contributed by atoms with Crippen LogP contribution >= 0.6 is 0 Å². The predicted octanol–water partition coefficient (Wildman–Crippen LogP) is 0.393. The van der Waals surface area contributed by atoms with Crippen LogP contribution in [-0.2, 0) is 0 Å². The number of nitrogens with two attached hydrogens (primary N) is 2. The second-order valence-corrected chi connectivity index (χ2v) is 5.10. The van der Waals surface area contributed by atoms with Crippen molar-refractivity contribution in [1.82, 2.24) is 4.90 Å². The van der Waals surface area contributed by atoms with E-state index < -0.39 is 0 Å². The zero-order chi connectivity index (χ0) is 10.1. The van der Waals surface area contributed by atoms with E-state index in [2.05, 4.69) is 25.7 Å². The van der Waals surface area contributed by atoms with Crippen LogP contribution in [0.3, 0.4) is 0 Å². The lowest BCUT2D eigenvalue weighted by atomic mass is 9.79. The topological polar surface area (TPSA) is 55.3 Å². The van der Waals surface area contributed by atoms with Gasteiger partial charge < -0.3 is 16.4 Å². The molecule has 0 saturated carbocycles. The van der Waals surface area contributed by atoms with Crippen molar-refractivity contribution in [3.05, 3.63) is 0 Å². The molecule has 1 aliphatic heterocycles. The van der Waals surface area contributed by atoms with Crippen LogP contribution in [0.5, 0.6) is 0 Å². The normalized spacial score (nSPS) is 31.6. The van der Waals surface area contributed by atoms with Gasteiger partial charge in [0.15, 0.2) is 0 Å². The molecule has 2 unspecified atom stereocenters. The standard InChI is InChI=1S/C10H23N3/c1-8(11)6-13-5-4-9(12)10(2,3)7-13/h8-9H,4-7,11-12H2,1-3H3. The summed E-state index contributed by atoms with van der Waals surface area (Å²) in [5.41, 5.74) is 12.1. The summed E-state index contributed by atoms with van der Waals surface area (Å²) in [6, 6.07) is 0.613. The molecule has 3 heteroatoms. The molecule has 1 fully saturated rings. The molecule has 1 rings (SSSR count). The Labute approximate surface area is 81.5 Å². The SMILES string of the molecule is CC(N)CN1CCC(N)C(C)(C)C1. The molecule has 4 N–H and O–H groups in total. The van der Waals surface area contributed by atoms with Gasteiger partial charge >= 0.3 is 0 Å². The first kappa shape index (κ1) is 11.0. The zero-order valence-corrected chi connectivity index (χ0v) is 9.09. The van der Waals surface area contributed by atoms with Crippen LogP contribution < -0.4 is 11.5 Å². The highest BCUT2D eigenvalue weighted by atomic mass is 15.2. The summed E-state index contributed by atoms with van der Waals surface area (Å²) in [6.07, 6.45) is 1.10. The van der Waals surface area contributed by atoms with E-state index in [0.29, 0.717) is 6.04 Å². The molecule has 2 atom stereocenters. The van der Waals surface area contributed by atoms with Crippen molar-refractivity contribution in [3.63, 3.8) is 0 Å². The Morgan fingerprint density at radius 1 is 1.54 bits per heavy atom. The molecule has 0 spiro atoms. The molecule has 3 nitrogen and oxygen atoms in total. The smallest absolute Gasteiger partial charge is 0.0139 e. The van der Waals surface area contributed by atoms with Gasteiger partial charge in [-0.1, -0.05) is 13.8 Å². The summed E-state index contributed by atoms with van der Waals surface area (Å²) in [7, 11) is 0. The molecule has 1 aliphatic rings. The summed E-state index contributed by atoms with van der Waals surface area (Å²) >= 11 is 0. The summed E-state index contributed by atoms with van der Waals surface area (Å²) < 4.78 is 0. The molecule has 0 bridgehead atoms. The van der Waals surface area contributed by atoms with Crippen LogP contribution in [0.1, 0.15) is 27.2 Å². The van der Waals surface area contributed by atoms with Crippen LogP contribution in [-0.4, -0.2) is 36.6 Å². The first-order chi connectivity index (χ1) is 5.92. The molecule has 1 heterocycles. The maximum atomic E-state index is 6.05. The van der Waals surface area contributed by atoms with Crippen LogP contribution in [0.25, 0.3) is 0 Å². The van der Waals surface area contributed by atoms with Crippen molar-refractivity contribution in [3.8, 4) is 0 Å². The van der Waals surface area contributed by atoms with Crippen molar-refractivity contribution in [2.45, 2.75) is 39.3 Å². The second-order valence-electron chi connectivity index (χ2n) is 5.10. The number of nitrogens with zero attached hydrogens (tertiary/aromatic N) is 1. The van der Waals surface area contributed by atoms with Gasteiger partial charge in [0.1, 0.15) is 0 Å². The van der Waals surface area contributed by atoms with E-state index in [0.717, 1.165) is 26.1 Å². The van der Waals surface area contributed by atoms with E-state index in [9.17, 15) is 0 Å². The van der Waals surface area contributed by atoms with Crippen LogP contribution in [0.2, 0.25) is 0 Å². The Morgan fingerprint density at radius 3 is 2.62 bits per heavy atom. The molecule has 0 aromatic heterocycles. The van der Waals surface area contributed by atoms with Gasteiger partial charge in [-0.25, -0.2) is 0 Å². The Balaban J connectivity index is 2.46. The molecule has 0 radical (unpaired) electrons. The zero-order valence-electron chi connectivity index (χ0n) is 9.09. The summed E-state index contributed by atoms with van der Waals surface area (Å²) in [6.45, 7) is 9.72. The Hall–Kier alpha value is -0.120. The minimum Gasteiger partial charge on any atom is -0.327 e. The van der Waals surface area contributed by atoms with Gasteiger partial charge in [0.25, 0.3) is 0 Å². The Bertz CT molecular complexity index is 166. The van der Waals surface area contributed by atoms with Crippen molar-refractivity contribution >= 4 is 0 Å². The van der Waals surface area contributed by atoms with E-state index in [4.69, 9.17) is 11.5 Å². The van der Waals surface area contributed by atoms with E-state index >= 15 is 0 Å². The molecule has 78 valence electrons. The van der Waals surface area contributed by atoms with Crippen molar-refractivity contribution in [1.29, 1.82) is 0 Å². The first-order valence-corrected chi connectivity index (χ1v) is 5.15. The fourth-order valence-corrected chi connectivity index (χ4v) is 2.05. The minimum absolute atomic E-state index is 0.243. The highest BCUT2D eigenvalue weighted by Crippen LogP contribution is 2.27. The summed E-state index contributed by atoms with van der Waals surface area (Å²) in [5.74, 6) is 0. The van der Waals surface area contributed by atoms with E-state index in [1.807, 2.05) is 0 Å². The van der Waals surface area contributed by atoms with Gasteiger partial charge in [0.05, 0.1) is 0 Å². The van der Waals surface area contributed by atoms with Crippen LogP contribution in [0.4, 0.5) is 0 Å². The van der Waals surface area contributed by atoms with E-state index in [1.54, 1.807) is 0 Å². The largest absolute Gasteiger partial charge is 0.327 e. The molecular formula is C10H23N3. The average Bonchev–Trinajstić information content (AvgIpc) is 1.95. The number of hydrogen-bond donors (Lipinski definition) is 2. The molecule has 0 aromatic rings. The monoisotopic (exact) mass is 185 g/mol. The summed E-state index contributed by atoms with van der Waals surface area (Å²) in [4.78, 5) is 2.42. The minimum atomic E-state index is 0.243. The maximum Gasteiger partial charge on any atom is 0.0139 e. The predicted molar refractivity (Wildman–Crippen MR) is 56.5 cm³/mol. The van der Waals surface area contributed by atoms with E-state index in [1.165, 1.54) is 0 Å².